The molecule has 2 amide bonds. The Hall–Kier alpha value is -1.44. The number of carbonyl (C=O) groups excluding carboxylic acids is 1. The topological polar surface area (TPSA) is 116 Å². The van der Waals surface area contributed by atoms with E-state index in [1.54, 1.807) is 0 Å². The molecule has 0 aromatic carbocycles. The minimum Gasteiger partial charge on any atom is -0.481 e. The Morgan fingerprint density at radius 2 is 1.84 bits per heavy atom. The highest BCUT2D eigenvalue weighted by Gasteiger charge is 2.23. The zero-order valence-corrected chi connectivity index (χ0v) is 11.2. The SMILES string of the molecule is O=C(O)C[C@@H](NC(=O)NCC1CCSCC1)C(=O)O. The van der Waals surface area contributed by atoms with E-state index in [9.17, 15) is 14.4 Å². The lowest BCUT2D eigenvalue weighted by molar-refractivity contribution is -0.145. The van der Waals surface area contributed by atoms with Crippen molar-refractivity contribution in [2.75, 3.05) is 18.1 Å². The van der Waals surface area contributed by atoms with E-state index < -0.39 is 30.4 Å². The molecule has 1 aliphatic rings. The van der Waals surface area contributed by atoms with Crippen molar-refractivity contribution in [1.29, 1.82) is 0 Å². The first kappa shape index (κ1) is 15.6. The summed E-state index contributed by atoms with van der Waals surface area (Å²) in [5.74, 6) is -0.0616. The zero-order chi connectivity index (χ0) is 14.3. The number of aliphatic carboxylic acids is 2. The smallest absolute Gasteiger partial charge is 0.326 e. The average molecular weight is 290 g/mol. The molecule has 1 fully saturated rings. The Morgan fingerprint density at radius 3 is 2.37 bits per heavy atom. The van der Waals surface area contributed by atoms with Crippen LogP contribution in [0.3, 0.4) is 0 Å². The maximum absolute atomic E-state index is 11.5. The van der Waals surface area contributed by atoms with Crippen molar-refractivity contribution in [3.05, 3.63) is 0 Å². The number of nitrogens with one attached hydrogen (secondary N) is 2. The number of hydrogen-bond donors (Lipinski definition) is 4. The summed E-state index contributed by atoms with van der Waals surface area (Å²) in [5.41, 5.74) is 0. The molecular weight excluding hydrogens is 272 g/mol. The van der Waals surface area contributed by atoms with Crippen LogP contribution < -0.4 is 10.6 Å². The Labute approximate surface area is 115 Å². The van der Waals surface area contributed by atoms with Crippen LogP contribution in [0.1, 0.15) is 19.3 Å². The first-order valence-electron chi connectivity index (χ1n) is 6.05. The van der Waals surface area contributed by atoms with E-state index in [-0.39, 0.29) is 0 Å². The van der Waals surface area contributed by atoms with Crippen molar-refractivity contribution in [1.82, 2.24) is 10.6 Å². The third-order valence-corrected chi connectivity index (χ3v) is 3.92. The standard InChI is InChI=1S/C11H18N2O5S/c14-9(15)5-8(10(16)17)13-11(18)12-6-7-1-3-19-4-2-7/h7-8H,1-6H2,(H,14,15)(H,16,17)(H2,12,13,18)/t8-/m1/s1. The van der Waals surface area contributed by atoms with E-state index in [1.165, 1.54) is 0 Å². The molecule has 0 unspecified atom stereocenters. The van der Waals surface area contributed by atoms with Crippen molar-refractivity contribution < 1.29 is 24.6 Å². The molecule has 1 heterocycles. The summed E-state index contributed by atoms with van der Waals surface area (Å²) in [6.07, 6.45) is 1.42. The summed E-state index contributed by atoms with van der Waals surface area (Å²) < 4.78 is 0. The van der Waals surface area contributed by atoms with Crippen molar-refractivity contribution >= 4 is 29.7 Å². The summed E-state index contributed by atoms with van der Waals surface area (Å²) in [5, 5.41) is 22.1. The molecule has 1 aliphatic heterocycles. The van der Waals surface area contributed by atoms with E-state index in [0.717, 1.165) is 24.3 Å². The van der Waals surface area contributed by atoms with Gasteiger partial charge in [-0.3, -0.25) is 4.79 Å². The fourth-order valence-corrected chi connectivity index (χ4v) is 2.98. The third-order valence-electron chi connectivity index (χ3n) is 2.87. The van der Waals surface area contributed by atoms with Gasteiger partial charge in [-0.25, -0.2) is 9.59 Å². The summed E-state index contributed by atoms with van der Waals surface area (Å²) in [4.78, 5) is 32.7. The molecule has 108 valence electrons. The second kappa shape index (κ2) is 7.88. The lowest BCUT2D eigenvalue weighted by atomic mass is 10.0. The molecule has 0 aromatic heterocycles. The highest BCUT2D eigenvalue weighted by Crippen LogP contribution is 2.21. The predicted octanol–water partition coefficient (Wildman–Crippen LogP) is 0.357. The molecule has 0 aliphatic carbocycles. The van der Waals surface area contributed by atoms with Gasteiger partial charge in [0.1, 0.15) is 6.04 Å². The number of rotatable bonds is 6. The van der Waals surface area contributed by atoms with Gasteiger partial charge < -0.3 is 20.8 Å². The van der Waals surface area contributed by atoms with Crippen LogP contribution in [0.2, 0.25) is 0 Å². The van der Waals surface area contributed by atoms with Gasteiger partial charge in [0.25, 0.3) is 0 Å². The molecular formula is C11H18N2O5S. The Balaban J connectivity index is 2.31. The van der Waals surface area contributed by atoms with Gasteiger partial charge in [-0.15, -0.1) is 0 Å². The highest BCUT2D eigenvalue weighted by molar-refractivity contribution is 7.99. The number of hydrogen-bond acceptors (Lipinski definition) is 4. The molecule has 0 bridgehead atoms. The molecule has 0 radical (unpaired) electrons. The fourth-order valence-electron chi connectivity index (χ4n) is 1.77. The monoisotopic (exact) mass is 290 g/mol. The van der Waals surface area contributed by atoms with Crippen molar-refractivity contribution in [2.24, 2.45) is 5.92 Å². The van der Waals surface area contributed by atoms with Crippen LogP contribution in [0.4, 0.5) is 4.79 Å². The number of thioether (sulfide) groups is 1. The first-order valence-corrected chi connectivity index (χ1v) is 7.21. The van der Waals surface area contributed by atoms with Crippen molar-refractivity contribution in [3.63, 3.8) is 0 Å². The summed E-state index contributed by atoms with van der Waals surface area (Å²) >= 11 is 1.88. The number of carboxylic acids is 2. The lowest BCUT2D eigenvalue weighted by Gasteiger charge is -2.22. The minimum absolute atomic E-state index is 0.412. The van der Waals surface area contributed by atoms with E-state index >= 15 is 0 Å². The number of amides is 2. The van der Waals surface area contributed by atoms with E-state index in [1.807, 2.05) is 11.8 Å². The minimum atomic E-state index is -1.40. The van der Waals surface area contributed by atoms with E-state index in [2.05, 4.69) is 10.6 Å². The Kier molecular flexibility index (Phi) is 6.48. The molecule has 0 spiro atoms. The van der Waals surface area contributed by atoms with Crippen molar-refractivity contribution in [3.8, 4) is 0 Å². The number of urea groups is 1. The first-order chi connectivity index (χ1) is 8.99. The van der Waals surface area contributed by atoms with Crippen LogP contribution in [0.5, 0.6) is 0 Å². The largest absolute Gasteiger partial charge is 0.481 e. The molecule has 0 aromatic rings. The van der Waals surface area contributed by atoms with Crippen molar-refractivity contribution in [2.45, 2.75) is 25.3 Å². The quantitative estimate of drug-likeness (QED) is 0.561. The summed E-state index contributed by atoms with van der Waals surface area (Å²) in [6, 6.07) is -2.04. The molecule has 7 nitrogen and oxygen atoms in total. The number of carboxylic acid groups (broad SMARTS) is 2. The third kappa shape index (κ3) is 6.32. The maximum Gasteiger partial charge on any atom is 0.326 e. The second-order valence-electron chi connectivity index (χ2n) is 4.40. The fraction of sp³-hybridized carbons (Fsp3) is 0.727. The van der Waals surface area contributed by atoms with Gasteiger partial charge >= 0.3 is 18.0 Å². The van der Waals surface area contributed by atoms with Crippen LogP contribution in [-0.2, 0) is 9.59 Å². The molecule has 1 rings (SSSR count). The second-order valence-corrected chi connectivity index (χ2v) is 5.62. The van der Waals surface area contributed by atoms with Crippen LogP contribution >= 0.6 is 11.8 Å². The van der Waals surface area contributed by atoms with Gasteiger partial charge in [0, 0.05) is 6.54 Å². The predicted molar refractivity (Wildman–Crippen MR) is 70.3 cm³/mol. The van der Waals surface area contributed by atoms with E-state index in [4.69, 9.17) is 10.2 Å². The lowest BCUT2D eigenvalue weighted by Crippen LogP contribution is -2.48. The molecule has 4 N–H and O–H groups in total. The molecule has 1 saturated heterocycles. The van der Waals surface area contributed by atoms with Crippen LogP contribution in [0.15, 0.2) is 0 Å². The van der Waals surface area contributed by atoms with Crippen LogP contribution in [0.25, 0.3) is 0 Å². The van der Waals surface area contributed by atoms with E-state index in [0.29, 0.717) is 12.5 Å². The highest BCUT2D eigenvalue weighted by atomic mass is 32.2. The van der Waals surface area contributed by atoms with Gasteiger partial charge in [-0.05, 0) is 30.3 Å². The zero-order valence-electron chi connectivity index (χ0n) is 10.4. The molecule has 19 heavy (non-hydrogen) atoms. The van der Waals surface area contributed by atoms with Gasteiger partial charge in [0.15, 0.2) is 0 Å². The van der Waals surface area contributed by atoms with Gasteiger partial charge in [0.2, 0.25) is 0 Å². The van der Waals surface area contributed by atoms with Crippen LogP contribution in [-0.4, -0.2) is 52.3 Å². The normalized spacial score (nSPS) is 17.5. The Morgan fingerprint density at radius 1 is 1.21 bits per heavy atom. The summed E-state index contributed by atoms with van der Waals surface area (Å²) in [7, 11) is 0. The maximum atomic E-state index is 11.5. The van der Waals surface area contributed by atoms with Gasteiger partial charge in [-0.2, -0.15) is 11.8 Å². The number of carbonyl (C=O) groups is 3. The molecule has 8 heteroatoms. The Bertz CT molecular complexity index is 344. The van der Waals surface area contributed by atoms with Crippen LogP contribution in [0, 0.1) is 5.92 Å². The molecule has 1 atom stereocenters. The van der Waals surface area contributed by atoms with Gasteiger partial charge in [-0.1, -0.05) is 0 Å². The average Bonchev–Trinajstić information content (AvgIpc) is 2.36. The molecule has 0 saturated carbocycles. The summed E-state index contributed by atoms with van der Waals surface area (Å²) in [6.45, 7) is 0.492. The van der Waals surface area contributed by atoms with Gasteiger partial charge in [0.05, 0.1) is 6.42 Å².